The second-order valence-corrected chi connectivity index (χ2v) is 19.3. The Morgan fingerprint density at radius 2 is 0.789 bits per heavy atom. The van der Waals surface area contributed by atoms with Gasteiger partial charge in [0.2, 0.25) is 0 Å². The molecule has 2 atom stereocenters. The van der Waals surface area contributed by atoms with Crippen LogP contribution in [0.5, 0.6) is 0 Å². The first-order chi connectivity index (χ1) is 35.1. The Kier molecular flexibility index (Phi) is 11.8. The highest BCUT2D eigenvalue weighted by atomic mass is 15.1. The summed E-state index contributed by atoms with van der Waals surface area (Å²) in [6, 6.07) is 91.4. The number of aromatic nitrogens is 1. The van der Waals surface area contributed by atoms with Gasteiger partial charge in [0.15, 0.2) is 0 Å². The van der Waals surface area contributed by atoms with Gasteiger partial charge >= 0.3 is 0 Å². The number of para-hydroxylation sites is 4. The molecule has 1 aliphatic carbocycles. The number of hydrogen-bond donors (Lipinski definition) is 0. The molecule has 12 rings (SSSR count). The molecule has 344 valence electrons. The van der Waals surface area contributed by atoms with E-state index < -0.39 is 0 Å². The fourth-order valence-corrected chi connectivity index (χ4v) is 11.0. The molecule has 0 saturated carbocycles. The molecule has 0 aliphatic heterocycles. The summed E-state index contributed by atoms with van der Waals surface area (Å²) >= 11 is 0. The molecule has 0 radical (unpaired) electrons. The molecule has 10 aromatic carbocycles. The standard InChI is InChI=1S/C68H57N3/c1-3-49(51-30-37-63(38-31-51)70(60-20-12-6-13-21-60)64-41-34-53-28-29-55(53)45-64)44-48(2)50-24-26-52(27-25-50)56-35-42-67-65(46-56)66-47-57(36-43-68(66)71(67)61-22-14-7-15-23-61)54-32-39-62(40-33-54)69(58-16-8-4-9-17-58)59-18-10-5-11-19-59/h4-27,30-43,45-49H,3,28-29,44H2,1-2H3. The molecular formula is C68H57N3. The van der Waals surface area contributed by atoms with Crippen LogP contribution in [0.3, 0.4) is 0 Å². The summed E-state index contributed by atoms with van der Waals surface area (Å²) in [4.78, 5) is 4.71. The summed E-state index contributed by atoms with van der Waals surface area (Å²) in [6.45, 7) is 4.73. The van der Waals surface area contributed by atoms with Crippen molar-refractivity contribution in [1.29, 1.82) is 0 Å². The lowest BCUT2D eigenvalue weighted by Gasteiger charge is -2.29. The largest absolute Gasteiger partial charge is 0.311 e. The lowest BCUT2D eigenvalue weighted by Crippen LogP contribution is -2.14. The molecule has 3 heteroatoms. The maximum absolute atomic E-state index is 2.41. The average molecular weight is 916 g/mol. The Balaban J connectivity index is 0.813. The highest BCUT2D eigenvalue weighted by molar-refractivity contribution is 6.11. The molecule has 0 N–H and O–H groups in total. The molecule has 1 aromatic heterocycles. The first-order valence-corrected chi connectivity index (χ1v) is 25.4. The molecule has 0 bridgehead atoms. The van der Waals surface area contributed by atoms with Crippen LogP contribution >= 0.6 is 0 Å². The first-order valence-electron chi connectivity index (χ1n) is 25.4. The van der Waals surface area contributed by atoms with Gasteiger partial charge in [-0.15, -0.1) is 0 Å². The van der Waals surface area contributed by atoms with Crippen LogP contribution in [-0.4, -0.2) is 4.57 Å². The summed E-state index contributed by atoms with van der Waals surface area (Å²) in [6.07, 6.45) is 4.56. The zero-order valence-electron chi connectivity index (χ0n) is 40.5. The number of aryl methyl sites for hydroxylation is 2. The van der Waals surface area contributed by atoms with Crippen molar-refractivity contribution in [3.8, 4) is 27.9 Å². The maximum atomic E-state index is 2.41. The van der Waals surface area contributed by atoms with Crippen molar-refractivity contribution >= 4 is 55.9 Å². The van der Waals surface area contributed by atoms with Gasteiger partial charge in [-0.25, -0.2) is 0 Å². The predicted molar refractivity (Wildman–Crippen MR) is 301 cm³/mol. The molecule has 1 aliphatic rings. The number of hydrogen-bond acceptors (Lipinski definition) is 2. The van der Waals surface area contributed by atoms with Gasteiger partial charge in [-0.05, 0) is 191 Å². The number of fused-ring (bicyclic) bond motifs is 4. The summed E-state index contributed by atoms with van der Waals surface area (Å²) in [7, 11) is 0. The molecule has 0 spiro atoms. The number of nitrogens with zero attached hydrogens (tertiary/aromatic N) is 3. The van der Waals surface area contributed by atoms with E-state index in [9.17, 15) is 0 Å². The smallest absolute Gasteiger partial charge is 0.0541 e. The van der Waals surface area contributed by atoms with Crippen LogP contribution in [0.25, 0.3) is 49.7 Å². The fourth-order valence-electron chi connectivity index (χ4n) is 11.0. The normalized spacial score (nSPS) is 12.8. The Bertz CT molecular complexity index is 3540. The van der Waals surface area contributed by atoms with Gasteiger partial charge in [-0.2, -0.15) is 0 Å². The van der Waals surface area contributed by atoms with Gasteiger partial charge in [0, 0.05) is 50.6 Å². The third-order valence-corrected chi connectivity index (χ3v) is 15.0. The number of benzene rings is 10. The van der Waals surface area contributed by atoms with Crippen molar-refractivity contribution in [2.45, 2.75) is 51.4 Å². The average Bonchev–Trinajstić information content (AvgIpc) is 3.76. The van der Waals surface area contributed by atoms with E-state index >= 15 is 0 Å². The van der Waals surface area contributed by atoms with E-state index in [0.717, 1.165) is 35.6 Å². The monoisotopic (exact) mass is 915 g/mol. The summed E-state index contributed by atoms with van der Waals surface area (Å²) in [5.74, 6) is 0.876. The summed E-state index contributed by atoms with van der Waals surface area (Å²) < 4.78 is 2.41. The Labute approximate surface area is 418 Å². The second-order valence-electron chi connectivity index (χ2n) is 19.3. The first kappa shape index (κ1) is 43.9. The lowest BCUT2D eigenvalue weighted by molar-refractivity contribution is 0.544. The van der Waals surface area contributed by atoms with E-state index in [1.807, 2.05) is 0 Å². The highest BCUT2D eigenvalue weighted by Gasteiger charge is 2.21. The molecule has 11 aromatic rings. The van der Waals surface area contributed by atoms with E-state index in [0.29, 0.717) is 11.8 Å². The minimum absolute atomic E-state index is 0.413. The predicted octanol–water partition coefficient (Wildman–Crippen LogP) is 18.8. The van der Waals surface area contributed by atoms with Gasteiger partial charge in [0.25, 0.3) is 0 Å². The third kappa shape index (κ3) is 8.59. The number of anilines is 6. The van der Waals surface area contributed by atoms with Crippen LogP contribution < -0.4 is 9.80 Å². The molecule has 1 heterocycles. The summed E-state index contributed by atoms with van der Waals surface area (Å²) in [5.41, 5.74) is 21.1. The SMILES string of the molecule is CCC(CC(C)c1ccc(-c2ccc3c(c2)c2cc(-c4ccc(N(c5ccccc5)c5ccccc5)cc4)ccc2n3-c2ccccc2)cc1)c1ccc(N(c2ccccc2)c2ccc3c(c2)CC3)cc1. The molecule has 2 unspecified atom stereocenters. The zero-order valence-corrected chi connectivity index (χ0v) is 40.5. The van der Waals surface area contributed by atoms with Crippen LogP contribution in [0, 0.1) is 0 Å². The van der Waals surface area contributed by atoms with Crippen molar-refractivity contribution in [3.63, 3.8) is 0 Å². The maximum Gasteiger partial charge on any atom is 0.0541 e. The van der Waals surface area contributed by atoms with Crippen LogP contribution in [0.1, 0.15) is 60.8 Å². The Morgan fingerprint density at radius 1 is 0.380 bits per heavy atom. The van der Waals surface area contributed by atoms with Crippen molar-refractivity contribution in [2.75, 3.05) is 9.80 Å². The van der Waals surface area contributed by atoms with E-state index in [2.05, 4.69) is 277 Å². The van der Waals surface area contributed by atoms with E-state index in [4.69, 9.17) is 0 Å². The topological polar surface area (TPSA) is 11.4 Å². The minimum atomic E-state index is 0.413. The van der Waals surface area contributed by atoms with E-state index in [1.54, 1.807) is 0 Å². The minimum Gasteiger partial charge on any atom is -0.311 e. The van der Waals surface area contributed by atoms with Gasteiger partial charge in [0.1, 0.15) is 0 Å². The van der Waals surface area contributed by atoms with E-state index in [-0.39, 0.29) is 0 Å². The van der Waals surface area contributed by atoms with Crippen LogP contribution in [0.15, 0.2) is 249 Å². The quantitative estimate of drug-likeness (QED) is 0.108. The van der Waals surface area contributed by atoms with Crippen LogP contribution in [-0.2, 0) is 12.8 Å². The van der Waals surface area contributed by atoms with Gasteiger partial charge < -0.3 is 14.4 Å². The molecule has 71 heavy (non-hydrogen) atoms. The molecule has 0 fully saturated rings. The zero-order chi connectivity index (χ0) is 47.7. The molecule has 0 saturated heterocycles. The van der Waals surface area contributed by atoms with Crippen LogP contribution in [0.4, 0.5) is 34.1 Å². The highest BCUT2D eigenvalue weighted by Crippen LogP contribution is 2.42. The number of rotatable bonds is 14. The van der Waals surface area contributed by atoms with Crippen molar-refractivity contribution in [1.82, 2.24) is 4.57 Å². The molecular weight excluding hydrogens is 859 g/mol. The Hall–Kier alpha value is -8.40. The van der Waals surface area contributed by atoms with E-state index in [1.165, 1.54) is 96.2 Å². The second kappa shape index (κ2) is 19.2. The van der Waals surface area contributed by atoms with Crippen molar-refractivity contribution < 1.29 is 0 Å². The fraction of sp³-hybridized carbons (Fsp3) is 0.118. The Morgan fingerprint density at radius 3 is 1.27 bits per heavy atom. The third-order valence-electron chi connectivity index (χ3n) is 15.0. The molecule has 0 amide bonds. The van der Waals surface area contributed by atoms with Crippen molar-refractivity contribution in [2.24, 2.45) is 0 Å². The summed E-state index contributed by atoms with van der Waals surface area (Å²) in [5, 5.41) is 2.49. The van der Waals surface area contributed by atoms with Gasteiger partial charge in [-0.1, -0.05) is 153 Å². The van der Waals surface area contributed by atoms with Crippen molar-refractivity contribution in [3.05, 3.63) is 271 Å². The van der Waals surface area contributed by atoms with Gasteiger partial charge in [0.05, 0.1) is 11.0 Å². The van der Waals surface area contributed by atoms with Gasteiger partial charge in [-0.3, -0.25) is 0 Å². The lowest BCUT2D eigenvalue weighted by atomic mass is 9.84. The molecule has 3 nitrogen and oxygen atoms in total. The van der Waals surface area contributed by atoms with Crippen LogP contribution in [0.2, 0.25) is 0 Å².